The van der Waals surface area contributed by atoms with E-state index in [0.29, 0.717) is 12.5 Å². The van der Waals surface area contributed by atoms with Crippen LogP contribution in [0.1, 0.15) is 33.1 Å². The smallest absolute Gasteiger partial charge is 0.323 e. The van der Waals surface area contributed by atoms with Gasteiger partial charge in [0.05, 0.1) is 12.7 Å². The zero-order valence-corrected chi connectivity index (χ0v) is 9.48. The first-order valence-corrected chi connectivity index (χ1v) is 5.66. The lowest BCUT2D eigenvalue weighted by Gasteiger charge is -2.33. The van der Waals surface area contributed by atoms with Crippen LogP contribution in [0, 0.1) is 11.8 Å². The van der Waals surface area contributed by atoms with Crippen LogP contribution in [0.2, 0.25) is 0 Å². The molecule has 1 rings (SSSR count). The zero-order chi connectivity index (χ0) is 11.4. The molecule has 1 aliphatic carbocycles. The molecule has 1 unspecified atom stereocenters. The molecule has 0 aromatic rings. The summed E-state index contributed by atoms with van der Waals surface area (Å²) in [6.07, 6.45) is 2.10. The number of nitrogens with two attached hydrogens (primary N) is 1. The SMILES string of the molecule is CCOC(=O)[C@@H](N)[C@@H]1CCC(C)C[C@H]1O. The van der Waals surface area contributed by atoms with Crippen LogP contribution in [-0.4, -0.2) is 29.8 Å². The lowest BCUT2D eigenvalue weighted by atomic mass is 9.77. The molecule has 1 fully saturated rings. The summed E-state index contributed by atoms with van der Waals surface area (Å²) >= 11 is 0. The number of hydrogen-bond donors (Lipinski definition) is 2. The minimum Gasteiger partial charge on any atom is -0.465 e. The first-order chi connectivity index (χ1) is 7.06. The monoisotopic (exact) mass is 215 g/mol. The molecular weight excluding hydrogens is 194 g/mol. The molecule has 0 aromatic carbocycles. The van der Waals surface area contributed by atoms with Crippen molar-refractivity contribution in [3.05, 3.63) is 0 Å². The molecule has 3 N–H and O–H groups in total. The Morgan fingerprint density at radius 3 is 2.80 bits per heavy atom. The highest BCUT2D eigenvalue weighted by molar-refractivity contribution is 5.76. The predicted octanol–water partition coefficient (Wildman–Crippen LogP) is 0.674. The van der Waals surface area contributed by atoms with Crippen molar-refractivity contribution in [3.8, 4) is 0 Å². The Morgan fingerprint density at radius 1 is 1.60 bits per heavy atom. The topological polar surface area (TPSA) is 72.5 Å². The number of hydrogen-bond acceptors (Lipinski definition) is 4. The largest absolute Gasteiger partial charge is 0.465 e. The lowest BCUT2D eigenvalue weighted by Crippen LogP contribution is -2.47. The van der Waals surface area contributed by atoms with Gasteiger partial charge in [0.2, 0.25) is 0 Å². The van der Waals surface area contributed by atoms with Crippen molar-refractivity contribution in [2.24, 2.45) is 17.6 Å². The minimum atomic E-state index is -0.674. The summed E-state index contributed by atoms with van der Waals surface area (Å²) in [7, 11) is 0. The number of esters is 1. The molecule has 0 amide bonds. The van der Waals surface area contributed by atoms with Crippen molar-refractivity contribution >= 4 is 5.97 Å². The van der Waals surface area contributed by atoms with E-state index in [9.17, 15) is 9.90 Å². The third kappa shape index (κ3) is 3.18. The molecule has 4 nitrogen and oxygen atoms in total. The maximum atomic E-state index is 11.4. The average molecular weight is 215 g/mol. The van der Waals surface area contributed by atoms with E-state index in [0.717, 1.165) is 19.3 Å². The van der Waals surface area contributed by atoms with Gasteiger partial charge in [-0.15, -0.1) is 0 Å². The van der Waals surface area contributed by atoms with Crippen LogP contribution >= 0.6 is 0 Å². The highest BCUT2D eigenvalue weighted by Crippen LogP contribution is 2.30. The summed E-state index contributed by atoms with van der Waals surface area (Å²) in [5, 5.41) is 9.84. The van der Waals surface area contributed by atoms with E-state index in [2.05, 4.69) is 6.92 Å². The van der Waals surface area contributed by atoms with Gasteiger partial charge in [0.25, 0.3) is 0 Å². The van der Waals surface area contributed by atoms with Crippen LogP contribution in [0.5, 0.6) is 0 Å². The minimum absolute atomic E-state index is 0.139. The van der Waals surface area contributed by atoms with Crippen LogP contribution in [0.15, 0.2) is 0 Å². The Balaban J connectivity index is 2.51. The fourth-order valence-electron chi connectivity index (χ4n) is 2.21. The van der Waals surface area contributed by atoms with Crippen LogP contribution in [0.25, 0.3) is 0 Å². The van der Waals surface area contributed by atoms with Gasteiger partial charge in [-0.25, -0.2) is 0 Å². The Labute approximate surface area is 90.8 Å². The number of carbonyl (C=O) groups excluding carboxylic acids is 1. The Kier molecular flexibility index (Phi) is 4.54. The van der Waals surface area contributed by atoms with Gasteiger partial charge in [0.15, 0.2) is 0 Å². The number of aliphatic hydroxyl groups is 1. The van der Waals surface area contributed by atoms with E-state index in [4.69, 9.17) is 10.5 Å². The second-order valence-electron chi connectivity index (χ2n) is 4.43. The van der Waals surface area contributed by atoms with Gasteiger partial charge in [0, 0.05) is 5.92 Å². The fourth-order valence-corrected chi connectivity index (χ4v) is 2.21. The van der Waals surface area contributed by atoms with E-state index in [1.807, 2.05) is 0 Å². The first-order valence-electron chi connectivity index (χ1n) is 5.66. The molecule has 0 heterocycles. The maximum absolute atomic E-state index is 11.4. The molecule has 4 heteroatoms. The third-order valence-corrected chi connectivity index (χ3v) is 3.15. The average Bonchev–Trinajstić information content (AvgIpc) is 2.17. The van der Waals surface area contributed by atoms with Gasteiger partial charge in [-0.1, -0.05) is 13.3 Å². The second kappa shape index (κ2) is 5.47. The second-order valence-corrected chi connectivity index (χ2v) is 4.43. The molecule has 0 spiro atoms. The van der Waals surface area contributed by atoms with E-state index < -0.39 is 18.1 Å². The summed E-state index contributed by atoms with van der Waals surface area (Å²) in [4.78, 5) is 11.4. The summed E-state index contributed by atoms with van der Waals surface area (Å²) in [5.74, 6) is -0.0120. The molecule has 0 saturated heterocycles. The van der Waals surface area contributed by atoms with Crippen molar-refractivity contribution in [1.29, 1.82) is 0 Å². The quantitative estimate of drug-likeness (QED) is 0.679. The highest BCUT2D eigenvalue weighted by atomic mass is 16.5. The number of ether oxygens (including phenoxy) is 1. The van der Waals surface area contributed by atoms with Crippen LogP contribution in [0.4, 0.5) is 0 Å². The normalized spacial score (nSPS) is 33.5. The standard InChI is InChI=1S/C11H21NO3/c1-3-15-11(14)10(12)8-5-4-7(2)6-9(8)13/h7-10,13H,3-6,12H2,1-2H3/t7?,8-,9-,10+/m1/s1. The van der Waals surface area contributed by atoms with Crippen molar-refractivity contribution in [1.82, 2.24) is 0 Å². The van der Waals surface area contributed by atoms with Gasteiger partial charge < -0.3 is 15.6 Å². The maximum Gasteiger partial charge on any atom is 0.323 e. The molecule has 0 aromatic heterocycles. The molecular formula is C11H21NO3. The summed E-state index contributed by atoms with van der Waals surface area (Å²) in [5.41, 5.74) is 5.78. The molecule has 4 atom stereocenters. The van der Waals surface area contributed by atoms with Crippen LogP contribution in [-0.2, 0) is 9.53 Å². The Hall–Kier alpha value is -0.610. The molecule has 0 bridgehead atoms. The van der Waals surface area contributed by atoms with E-state index in [-0.39, 0.29) is 5.92 Å². The summed E-state index contributed by atoms with van der Waals surface area (Å²) in [6.45, 7) is 4.20. The Morgan fingerprint density at radius 2 is 2.27 bits per heavy atom. The molecule has 88 valence electrons. The summed E-state index contributed by atoms with van der Waals surface area (Å²) in [6, 6.07) is -0.674. The zero-order valence-electron chi connectivity index (χ0n) is 9.48. The van der Waals surface area contributed by atoms with Crippen molar-refractivity contribution in [2.45, 2.75) is 45.3 Å². The summed E-state index contributed by atoms with van der Waals surface area (Å²) < 4.78 is 4.86. The van der Waals surface area contributed by atoms with Crippen molar-refractivity contribution < 1.29 is 14.6 Å². The molecule has 0 radical (unpaired) electrons. The van der Waals surface area contributed by atoms with Gasteiger partial charge in [-0.2, -0.15) is 0 Å². The van der Waals surface area contributed by atoms with Gasteiger partial charge in [0.1, 0.15) is 6.04 Å². The van der Waals surface area contributed by atoms with Crippen molar-refractivity contribution in [2.75, 3.05) is 6.61 Å². The Bertz CT molecular complexity index is 220. The van der Waals surface area contributed by atoms with Gasteiger partial charge >= 0.3 is 5.97 Å². The van der Waals surface area contributed by atoms with E-state index >= 15 is 0 Å². The number of rotatable bonds is 3. The molecule has 0 aliphatic heterocycles. The fraction of sp³-hybridized carbons (Fsp3) is 0.909. The molecule has 1 aliphatic rings. The van der Waals surface area contributed by atoms with Crippen LogP contribution < -0.4 is 5.73 Å². The van der Waals surface area contributed by atoms with Gasteiger partial charge in [-0.05, 0) is 25.7 Å². The van der Waals surface area contributed by atoms with Crippen molar-refractivity contribution in [3.63, 3.8) is 0 Å². The van der Waals surface area contributed by atoms with E-state index in [1.54, 1.807) is 6.92 Å². The molecule has 15 heavy (non-hydrogen) atoms. The molecule has 1 saturated carbocycles. The third-order valence-electron chi connectivity index (χ3n) is 3.15. The van der Waals surface area contributed by atoms with Crippen LogP contribution in [0.3, 0.4) is 0 Å². The van der Waals surface area contributed by atoms with Gasteiger partial charge in [-0.3, -0.25) is 4.79 Å². The highest BCUT2D eigenvalue weighted by Gasteiger charge is 2.35. The first kappa shape index (κ1) is 12.5. The lowest BCUT2D eigenvalue weighted by molar-refractivity contribution is -0.148. The van der Waals surface area contributed by atoms with E-state index in [1.165, 1.54) is 0 Å². The number of carbonyl (C=O) groups is 1. The number of aliphatic hydroxyl groups excluding tert-OH is 1. The predicted molar refractivity (Wildman–Crippen MR) is 57.1 cm³/mol.